The van der Waals surface area contributed by atoms with Crippen LogP contribution >= 0.6 is 0 Å². The van der Waals surface area contributed by atoms with Crippen molar-refractivity contribution in [1.82, 2.24) is 4.90 Å². The maximum atomic E-state index is 12.1. The summed E-state index contributed by atoms with van der Waals surface area (Å²) in [6, 6.07) is 0. The van der Waals surface area contributed by atoms with Crippen molar-refractivity contribution in [2.45, 2.75) is 58.8 Å². The molecule has 1 fully saturated rings. The van der Waals surface area contributed by atoms with Crippen LogP contribution in [0.15, 0.2) is 23.8 Å². The lowest BCUT2D eigenvalue weighted by atomic mass is 10.1. The predicted molar refractivity (Wildman–Crippen MR) is 77.6 cm³/mol. The highest BCUT2D eigenvalue weighted by molar-refractivity contribution is 6.24. The van der Waals surface area contributed by atoms with Crippen LogP contribution in [-0.4, -0.2) is 23.3 Å². The van der Waals surface area contributed by atoms with Gasteiger partial charge < -0.3 is 0 Å². The van der Waals surface area contributed by atoms with Crippen LogP contribution in [-0.2, 0) is 9.59 Å². The summed E-state index contributed by atoms with van der Waals surface area (Å²) in [5, 5.41) is 0. The van der Waals surface area contributed by atoms with Crippen molar-refractivity contribution in [2.75, 3.05) is 6.54 Å². The molecule has 0 radical (unpaired) electrons. The van der Waals surface area contributed by atoms with Crippen molar-refractivity contribution >= 4 is 11.8 Å². The van der Waals surface area contributed by atoms with Crippen LogP contribution in [0.2, 0.25) is 0 Å². The lowest BCUT2D eigenvalue weighted by molar-refractivity contribution is -0.136. The summed E-state index contributed by atoms with van der Waals surface area (Å²) in [4.78, 5) is 25.3. The van der Waals surface area contributed by atoms with Gasteiger partial charge in [0.05, 0.1) is 0 Å². The average Bonchev–Trinajstić information content (AvgIpc) is 2.60. The van der Waals surface area contributed by atoms with Gasteiger partial charge in [-0.05, 0) is 12.8 Å². The number of rotatable bonds is 8. The van der Waals surface area contributed by atoms with Crippen molar-refractivity contribution in [3.05, 3.63) is 23.8 Å². The fourth-order valence-electron chi connectivity index (χ4n) is 2.31. The van der Waals surface area contributed by atoms with Crippen LogP contribution < -0.4 is 0 Å². The highest BCUT2D eigenvalue weighted by Crippen LogP contribution is 2.24. The van der Waals surface area contributed by atoms with Gasteiger partial charge in [0.2, 0.25) is 0 Å². The van der Waals surface area contributed by atoms with Crippen LogP contribution in [0.4, 0.5) is 0 Å². The summed E-state index contributed by atoms with van der Waals surface area (Å²) >= 11 is 0. The predicted octanol–water partition coefficient (Wildman–Crippen LogP) is 3.61. The summed E-state index contributed by atoms with van der Waals surface area (Å²) in [7, 11) is 0. The lowest BCUT2D eigenvalue weighted by Crippen LogP contribution is -2.30. The van der Waals surface area contributed by atoms with Gasteiger partial charge in [0.15, 0.2) is 0 Å². The van der Waals surface area contributed by atoms with Crippen molar-refractivity contribution in [3.63, 3.8) is 0 Å². The number of likely N-dealkylation sites (tertiary alicyclic amines) is 1. The molecular weight excluding hydrogens is 238 g/mol. The molecule has 0 aromatic carbocycles. The highest BCUT2D eigenvalue weighted by Gasteiger charge is 2.36. The molecule has 0 saturated carbocycles. The van der Waals surface area contributed by atoms with Crippen LogP contribution in [0.1, 0.15) is 58.8 Å². The van der Waals surface area contributed by atoms with Crippen LogP contribution in [0.5, 0.6) is 0 Å². The fraction of sp³-hybridized carbons (Fsp3) is 0.625. The molecule has 0 spiro atoms. The minimum absolute atomic E-state index is 0.162. The molecule has 106 valence electrons. The Hall–Kier alpha value is -1.38. The van der Waals surface area contributed by atoms with Gasteiger partial charge in [-0.3, -0.25) is 14.5 Å². The first kappa shape index (κ1) is 15.7. The maximum absolute atomic E-state index is 12.1. The van der Waals surface area contributed by atoms with Gasteiger partial charge in [-0.1, -0.05) is 58.6 Å². The van der Waals surface area contributed by atoms with E-state index in [-0.39, 0.29) is 11.8 Å². The van der Waals surface area contributed by atoms with Gasteiger partial charge in [-0.2, -0.15) is 0 Å². The third-order valence-electron chi connectivity index (χ3n) is 3.45. The van der Waals surface area contributed by atoms with Crippen LogP contribution in [0.3, 0.4) is 0 Å². The van der Waals surface area contributed by atoms with E-state index in [4.69, 9.17) is 0 Å². The number of unbranched alkanes of at least 4 members (excludes halogenated alkanes) is 5. The topological polar surface area (TPSA) is 37.4 Å². The first-order valence-corrected chi connectivity index (χ1v) is 7.39. The largest absolute Gasteiger partial charge is 0.274 e. The Balaban J connectivity index is 2.42. The van der Waals surface area contributed by atoms with Crippen LogP contribution in [0.25, 0.3) is 0 Å². The Morgan fingerprint density at radius 3 is 2.26 bits per heavy atom. The molecule has 1 rings (SSSR count). The summed E-state index contributed by atoms with van der Waals surface area (Å²) in [6.45, 7) is 8.40. The van der Waals surface area contributed by atoms with Gasteiger partial charge in [0, 0.05) is 17.7 Å². The first-order chi connectivity index (χ1) is 9.13. The summed E-state index contributed by atoms with van der Waals surface area (Å²) in [5.41, 5.74) is 0.858. The molecular formula is C16H25NO2. The van der Waals surface area contributed by atoms with Crippen molar-refractivity contribution < 1.29 is 9.59 Å². The second-order valence-corrected chi connectivity index (χ2v) is 5.03. The molecule has 1 saturated heterocycles. The van der Waals surface area contributed by atoms with E-state index in [9.17, 15) is 9.59 Å². The van der Waals surface area contributed by atoms with E-state index >= 15 is 0 Å². The molecule has 19 heavy (non-hydrogen) atoms. The number of carbonyl (C=O) groups excluding carboxylic acids is 2. The second kappa shape index (κ2) is 7.93. The van der Waals surface area contributed by atoms with Crippen molar-refractivity contribution in [1.29, 1.82) is 0 Å². The SMILES string of the molecule is C=C1C(=O)N(CCCCCCCC)C(=O)/C1=C/CC. The molecule has 1 aliphatic rings. The molecule has 1 aliphatic heterocycles. The Kier molecular flexibility index (Phi) is 6.54. The van der Waals surface area contributed by atoms with Gasteiger partial charge in [0.25, 0.3) is 11.8 Å². The van der Waals surface area contributed by atoms with Gasteiger partial charge in [0.1, 0.15) is 0 Å². The van der Waals surface area contributed by atoms with E-state index in [0.29, 0.717) is 17.7 Å². The maximum Gasteiger partial charge on any atom is 0.261 e. The van der Waals surface area contributed by atoms with Crippen LogP contribution in [0, 0.1) is 0 Å². The van der Waals surface area contributed by atoms with E-state index in [1.165, 1.54) is 30.6 Å². The molecule has 3 nitrogen and oxygen atoms in total. The molecule has 0 atom stereocenters. The molecule has 0 aromatic rings. The third kappa shape index (κ3) is 4.05. The standard InChI is InChI=1S/C16H25NO2/c1-4-6-7-8-9-10-12-17-15(18)13(3)14(11-5-2)16(17)19/h11H,3-10,12H2,1-2H3/b14-11+. The third-order valence-corrected chi connectivity index (χ3v) is 3.45. The number of carbonyl (C=O) groups is 2. The number of amides is 2. The Morgan fingerprint density at radius 1 is 1.00 bits per heavy atom. The van der Waals surface area contributed by atoms with E-state index in [0.717, 1.165) is 19.3 Å². The van der Waals surface area contributed by atoms with Gasteiger partial charge in [-0.25, -0.2) is 0 Å². The number of allylic oxidation sites excluding steroid dienone is 1. The quantitative estimate of drug-likeness (QED) is 0.381. The smallest absolute Gasteiger partial charge is 0.261 e. The molecule has 0 N–H and O–H groups in total. The Morgan fingerprint density at radius 2 is 1.63 bits per heavy atom. The van der Waals surface area contributed by atoms with Crippen molar-refractivity contribution in [3.8, 4) is 0 Å². The van der Waals surface area contributed by atoms with E-state index in [1.54, 1.807) is 6.08 Å². The summed E-state index contributed by atoms with van der Waals surface area (Å²) in [5.74, 6) is -0.372. The molecule has 0 bridgehead atoms. The number of nitrogens with zero attached hydrogens (tertiary/aromatic N) is 1. The zero-order chi connectivity index (χ0) is 14.3. The highest BCUT2D eigenvalue weighted by atomic mass is 16.2. The number of imide groups is 1. The summed E-state index contributed by atoms with van der Waals surface area (Å²) < 4.78 is 0. The zero-order valence-corrected chi connectivity index (χ0v) is 12.2. The molecule has 0 unspecified atom stereocenters. The molecule has 0 aromatic heterocycles. The first-order valence-electron chi connectivity index (χ1n) is 7.39. The van der Waals surface area contributed by atoms with E-state index in [2.05, 4.69) is 13.5 Å². The molecule has 1 heterocycles. The lowest BCUT2D eigenvalue weighted by Gasteiger charge is -2.12. The molecule has 2 amide bonds. The van der Waals surface area contributed by atoms with Gasteiger partial charge >= 0.3 is 0 Å². The minimum atomic E-state index is -0.210. The Labute approximate surface area is 116 Å². The Bertz CT molecular complexity index is 382. The molecule has 0 aliphatic carbocycles. The molecule has 3 heteroatoms. The number of hydrogen-bond acceptors (Lipinski definition) is 2. The normalized spacial score (nSPS) is 17.9. The average molecular weight is 263 g/mol. The van der Waals surface area contributed by atoms with E-state index in [1.807, 2.05) is 6.92 Å². The monoisotopic (exact) mass is 263 g/mol. The minimum Gasteiger partial charge on any atom is -0.274 e. The van der Waals surface area contributed by atoms with Gasteiger partial charge in [-0.15, -0.1) is 0 Å². The zero-order valence-electron chi connectivity index (χ0n) is 12.2. The fourth-order valence-corrected chi connectivity index (χ4v) is 2.31. The number of hydrogen-bond donors (Lipinski definition) is 0. The second-order valence-electron chi connectivity index (χ2n) is 5.03. The van der Waals surface area contributed by atoms with Crippen molar-refractivity contribution in [2.24, 2.45) is 0 Å². The summed E-state index contributed by atoms with van der Waals surface area (Å²) in [6.07, 6.45) is 9.44. The van der Waals surface area contributed by atoms with E-state index < -0.39 is 0 Å².